The summed E-state index contributed by atoms with van der Waals surface area (Å²) in [5.41, 5.74) is 4.90. The zero-order valence-electron chi connectivity index (χ0n) is 19.5. The molecule has 0 aliphatic carbocycles. The molecule has 0 unspecified atom stereocenters. The topological polar surface area (TPSA) is 45.5 Å². The molecule has 0 atom stereocenters. The Bertz CT molecular complexity index is 1030. The number of amides is 1. The molecule has 0 spiro atoms. The molecule has 1 aromatic heterocycles. The Labute approximate surface area is 192 Å². The van der Waals surface area contributed by atoms with E-state index in [1.165, 1.54) is 37.8 Å². The van der Waals surface area contributed by atoms with Crippen LogP contribution in [0.4, 0.5) is 5.69 Å². The van der Waals surface area contributed by atoms with E-state index < -0.39 is 0 Å². The van der Waals surface area contributed by atoms with E-state index in [9.17, 15) is 4.79 Å². The summed E-state index contributed by atoms with van der Waals surface area (Å²) in [5.74, 6) is 0.486. The summed E-state index contributed by atoms with van der Waals surface area (Å²) in [6.45, 7) is 7.95. The van der Waals surface area contributed by atoms with Gasteiger partial charge in [-0.2, -0.15) is 0 Å². The fraction of sp³-hybridized carbons (Fsp3) is 0.464. The van der Waals surface area contributed by atoms with E-state index in [2.05, 4.69) is 36.2 Å². The number of benzene rings is 2. The van der Waals surface area contributed by atoms with Gasteiger partial charge in [-0.1, -0.05) is 44.9 Å². The van der Waals surface area contributed by atoms with Gasteiger partial charge in [0.15, 0.2) is 0 Å². The number of carbonyl (C=O) groups is 1. The zero-order valence-corrected chi connectivity index (χ0v) is 19.5. The van der Waals surface area contributed by atoms with Gasteiger partial charge in [-0.05, 0) is 87.5 Å². The van der Waals surface area contributed by atoms with Crippen molar-refractivity contribution in [2.45, 2.75) is 64.7 Å². The number of likely N-dealkylation sites (tertiary alicyclic amines) is 1. The molecule has 1 fully saturated rings. The number of hydrogen-bond donors (Lipinski definition) is 1. The second-order valence-electron chi connectivity index (χ2n) is 9.09. The van der Waals surface area contributed by atoms with Gasteiger partial charge in [-0.25, -0.2) is 0 Å². The Morgan fingerprint density at radius 3 is 2.62 bits per heavy atom. The third-order valence-electron chi connectivity index (χ3n) is 6.78. The van der Waals surface area contributed by atoms with E-state index in [4.69, 9.17) is 4.42 Å². The Morgan fingerprint density at radius 2 is 1.84 bits per heavy atom. The number of furan rings is 1. The first kappa shape index (κ1) is 22.6. The number of piperidine rings is 1. The summed E-state index contributed by atoms with van der Waals surface area (Å²) in [6.07, 6.45) is 9.94. The SMILES string of the molecule is CCCCc1ccccc1C(=O)Nc1ccc2occ(C3CCN(CCCC)CC3)c2c1. The van der Waals surface area contributed by atoms with Crippen molar-refractivity contribution in [2.75, 3.05) is 25.0 Å². The lowest BCUT2D eigenvalue weighted by Crippen LogP contribution is -2.33. The van der Waals surface area contributed by atoms with Crippen LogP contribution in [0.25, 0.3) is 11.0 Å². The van der Waals surface area contributed by atoms with Crippen LogP contribution in [-0.4, -0.2) is 30.4 Å². The second-order valence-corrected chi connectivity index (χ2v) is 9.09. The summed E-state index contributed by atoms with van der Waals surface area (Å²) in [7, 11) is 0. The minimum atomic E-state index is -0.0367. The zero-order chi connectivity index (χ0) is 22.3. The number of fused-ring (bicyclic) bond motifs is 1. The Balaban J connectivity index is 1.48. The molecule has 1 saturated heterocycles. The molecular formula is C28H36N2O2. The summed E-state index contributed by atoms with van der Waals surface area (Å²) < 4.78 is 5.88. The van der Waals surface area contributed by atoms with Crippen LogP contribution in [0.1, 0.15) is 79.8 Å². The molecule has 1 aliphatic heterocycles. The molecule has 0 radical (unpaired) electrons. The van der Waals surface area contributed by atoms with Crippen molar-refractivity contribution in [3.05, 3.63) is 65.4 Å². The third-order valence-corrected chi connectivity index (χ3v) is 6.78. The molecular weight excluding hydrogens is 396 g/mol. The lowest BCUT2D eigenvalue weighted by molar-refractivity contribution is 0.102. The average molecular weight is 433 g/mol. The number of aryl methyl sites for hydroxylation is 1. The molecule has 1 N–H and O–H groups in total. The molecule has 2 heterocycles. The molecule has 4 rings (SSSR count). The fourth-order valence-electron chi connectivity index (χ4n) is 4.82. The molecule has 4 nitrogen and oxygen atoms in total. The van der Waals surface area contributed by atoms with Crippen molar-refractivity contribution < 1.29 is 9.21 Å². The van der Waals surface area contributed by atoms with Gasteiger partial charge in [-0.15, -0.1) is 0 Å². The van der Waals surface area contributed by atoms with Crippen molar-refractivity contribution in [1.82, 2.24) is 4.90 Å². The summed E-state index contributed by atoms with van der Waals surface area (Å²) >= 11 is 0. The first-order valence-corrected chi connectivity index (χ1v) is 12.3. The first-order valence-electron chi connectivity index (χ1n) is 12.3. The van der Waals surface area contributed by atoms with E-state index in [-0.39, 0.29) is 5.91 Å². The van der Waals surface area contributed by atoms with Crippen LogP contribution in [0.5, 0.6) is 0 Å². The highest BCUT2D eigenvalue weighted by atomic mass is 16.3. The number of anilines is 1. The second kappa shape index (κ2) is 10.8. The van der Waals surface area contributed by atoms with Crippen LogP contribution in [-0.2, 0) is 6.42 Å². The molecule has 170 valence electrons. The molecule has 4 heteroatoms. The van der Waals surface area contributed by atoms with E-state index in [0.717, 1.165) is 60.1 Å². The highest BCUT2D eigenvalue weighted by molar-refractivity contribution is 6.06. The molecule has 3 aromatic rings. The summed E-state index contributed by atoms with van der Waals surface area (Å²) in [5, 5.41) is 4.26. The van der Waals surface area contributed by atoms with Gasteiger partial charge < -0.3 is 14.6 Å². The Morgan fingerprint density at radius 1 is 1.06 bits per heavy atom. The number of carbonyl (C=O) groups excluding carboxylic acids is 1. The number of nitrogens with zero attached hydrogens (tertiary/aromatic N) is 1. The largest absolute Gasteiger partial charge is 0.464 e. The first-order chi connectivity index (χ1) is 15.7. The predicted octanol–water partition coefficient (Wildman–Crippen LogP) is 7.01. The minimum Gasteiger partial charge on any atom is -0.464 e. The maximum Gasteiger partial charge on any atom is 0.255 e. The standard InChI is InChI=1S/C28H36N2O2/c1-3-5-9-21-10-7-8-11-24(21)28(31)29-23-12-13-27-25(19-23)26(20-32-27)22-14-17-30(18-15-22)16-6-4-2/h7-8,10-13,19-20,22H,3-6,9,14-18H2,1-2H3,(H,29,31). The summed E-state index contributed by atoms with van der Waals surface area (Å²) in [6, 6.07) is 13.9. The van der Waals surface area contributed by atoms with Crippen LogP contribution in [0.15, 0.2) is 53.1 Å². The van der Waals surface area contributed by atoms with Crippen molar-refractivity contribution in [2.24, 2.45) is 0 Å². The third kappa shape index (κ3) is 5.24. The maximum atomic E-state index is 13.0. The fourth-order valence-corrected chi connectivity index (χ4v) is 4.82. The maximum absolute atomic E-state index is 13.0. The quantitative estimate of drug-likeness (QED) is 0.396. The number of nitrogens with one attached hydrogen (secondary N) is 1. The van der Waals surface area contributed by atoms with Gasteiger partial charge in [0.05, 0.1) is 6.26 Å². The number of rotatable bonds is 9. The summed E-state index contributed by atoms with van der Waals surface area (Å²) in [4.78, 5) is 15.6. The monoisotopic (exact) mass is 432 g/mol. The Kier molecular flexibility index (Phi) is 7.64. The molecule has 2 aromatic carbocycles. The van der Waals surface area contributed by atoms with E-state index in [1.807, 2.05) is 36.6 Å². The smallest absolute Gasteiger partial charge is 0.255 e. The van der Waals surface area contributed by atoms with Crippen molar-refractivity contribution >= 4 is 22.6 Å². The predicted molar refractivity (Wildman–Crippen MR) is 133 cm³/mol. The van der Waals surface area contributed by atoms with Gasteiger partial charge in [-0.3, -0.25) is 4.79 Å². The van der Waals surface area contributed by atoms with Crippen molar-refractivity contribution in [3.8, 4) is 0 Å². The lowest BCUT2D eigenvalue weighted by Gasteiger charge is -2.31. The number of hydrogen-bond acceptors (Lipinski definition) is 3. The molecule has 0 bridgehead atoms. The number of unbranched alkanes of at least 4 members (excludes halogenated alkanes) is 2. The van der Waals surface area contributed by atoms with Gasteiger partial charge in [0, 0.05) is 22.2 Å². The normalized spacial score (nSPS) is 15.3. The van der Waals surface area contributed by atoms with Gasteiger partial charge in [0.2, 0.25) is 0 Å². The molecule has 1 aliphatic rings. The van der Waals surface area contributed by atoms with E-state index in [1.54, 1.807) is 0 Å². The highest BCUT2D eigenvalue weighted by Gasteiger charge is 2.23. The van der Waals surface area contributed by atoms with Crippen molar-refractivity contribution in [1.29, 1.82) is 0 Å². The average Bonchev–Trinajstić information content (AvgIpc) is 3.25. The van der Waals surface area contributed by atoms with Crippen LogP contribution in [0, 0.1) is 0 Å². The van der Waals surface area contributed by atoms with E-state index in [0.29, 0.717) is 5.92 Å². The highest BCUT2D eigenvalue weighted by Crippen LogP contribution is 2.35. The van der Waals surface area contributed by atoms with Gasteiger partial charge >= 0.3 is 0 Å². The molecule has 1 amide bonds. The van der Waals surface area contributed by atoms with Crippen LogP contribution in [0.2, 0.25) is 0 Å². The Hall–Kier alpha value is -2.59. The van der Waals surface area contributed by atoms with E-state index >= 15 is 0 Å². The van der Waals surface area contributed by atoms with Crippen LogP contribution >= 0.6 is 0 Å². The van der Waals surface area contributed by atoms with Crippen LogP contribution < -0.4 is 5.32 Å². The van der Waals surface area contributed by atoms with Gasteiger partial charge in [0.1, 0.15) is 5.58 Å². The van der Waals surface area contributed by atoms with Crippen LogP contribution in [0.3, 0.4) is 0 Å². The lowest BCUT2D eigenvalue weighted by atomic mass is 9.89. The van der Waals surface area contributed by atoms with Gasteiger partial charge in [0.25, 0.3) is 5.91 Å². The minimum absolute atomic E-state index is 0.0367. The molecule has 32 heavy (non-hydrogen) atoms. The van der Waals surface area contributed by atoms with Crippen molar-refractivity contribution in [3.63, 3.8) is 0 Å². The molecule has 0 saturated carbocycles.